The van der Waals surface area contributed by atoms with E-state index < -0.39 is 11.5 Å². The van der Waals surface area contributed by atoms with Gasteiger partial charge in [0.2, 0.25) is 0 Å². The van der Waals surface area contributed by atoms with E-state index in [-0.39, 0.29) is 18.0 Å². The second kappa shape index (κ2) is 7.81. The van der Waals surface area contributed by atoms with Crippen LogP contribution in [0.25, 0.3) is 22.2 Å². The molecule has 3 heterocycles. The zero-order chi connectivity index (χ0) is 19.1. The molecule has 1 aliphatic heterocycles. The molecule has 148 valence electrons. The van der Waals surface area contributed by atoms with E-state index in [2.05, 4.69) is 40.1 Å². The molecule has 28 heavy (non-hydrogen) atoms. The molecule has 1 atom stereocenters. The molecule has 0 spiro atoms. The van der Waals surface area contributed by atoms with Crippen LogP contribution in [0.4, 0.5) is 0 Å². The van der Waals surface area contributed by atoms with Gasteiger partial charge in [-0.3, -0.25) is 4.79 Å². The molecule has 3 aromatic rings. The van der Waals surface area contributed by atoms with Crippen LogP contribution in [0, 0.1) is 0 Å². The van der Waals surface area contributed by atoms with Crippen molar-refractivity contribution in [3.05, 3.63) is 57.5 Å². The van der Waals surface area contributed by atoms with Crippen LogP contribution < -0.4 is 10.9 Å². The number of H-pyrrole nitrogens is 1. The topological polar surface area (TPSA) is 87.1 Å². The van der Waals surface area contributed by atoms with Crippen LogP contribution in [0.1, 0.15) is 40.9 Å². The molecule has 1 aromatic carbocycles. The van der Waals surface area contributed by atoms with Gasteiger partial charge in [0.15, 0.2) is 0 Å². The van der Waals surface area contributed by atoms with E-state index in [1.54, 1.807) is 0 Å². The lowest BCUT2D eigenvalue weighted by Crippen LogP contribution is -2.19. The fourth-order valence-corrected chi connectivity index (χ4v) is 4.09. The third-order valence-corrected chi connectivity index (χ3v) is 5.58. The minimum atomic E-state index is -1.20. The Morgan fingerprint density at radius 2 is 2.07 bits per heavy atom. The molecule has 4 rings (SSSR count). The number of hydrogen-bond acceptors (Lipinski definition) is 3. The fraction of sp³-hybridized carbons (Fsp3) is 0.333. The second-order valence-electron chi connectivity index (χ2n) is 7.16. The molecule has 0 amide bonds. The van der Waals surface area contributed by atoms with Gasteiger partial charge in [0, 0.05) is 36.1 Å². The summed E-state index contributed by atoms with van der Waals surface area (Å²) in [7, 11) is 2.09. The van der Waals surface area contributed by atoms with Crippen LogP contribution in [0.5, 0.6) is 0 Å². The Morgan fingerprint density at radius 1 is 1.29 bits per heavy atom. The highest BCUT2D eigenvalue weighted by Gasteiger charge is 2.21. The Hall–Kier alpha value is -2.57. The number of fused-ring (bicyclic) bond motifs is 1. The number of pyridine rings is 1. The lowest BCUT2D eigenvalue weighted by Gasteiger charge is -2.11. The number of halogens is 1. The molecule has 1 fully saturated rings. The summed E-state index contributed by atoms with van der Waals surface area (Å²) < 4.78 is 2.24. The van der Waals surface area contributed by atoms with Crippen molar-refractivity contribution < 1.29 is 9.90 Å². The molecule has 0 aliphatic carbocycles. The van der Waals surface area contributed by atoms with Crippen molar-refractivity contribution in [2.75, 3.05) is 13.1 Å². The fourth-order valence-electron chi connectivity index (χ4n) is 4.09. The van der Waals surface area contributed by atoms with Gasteiger partial charge in [0.25, 0.3) is 5.56 Å². The number of hydrogen-bond donors (Lipinski definition) is 3. The summed E-state index contributed by atoms with van der Waals surface area (Å²) in [6.45, 7) is 4.00. The predicted octanol–water partition coefficient (Wildman–Crippen LogP) is 3.29. The minimum Gasteiger partial charge on any atom is -0.477 e. The van der Waals surface area contributed by atoms with Crippen LogP contribution in [0.15, 0.2) is 35.1 Å². The number of aryl methyl sites for hydroxylation is 2. The zero-order valence-corrected chi connectivity index (χ0v) is 16.7. The maximum atomic E-state index is 12.2. The third-order valence-electron chi connectivity index (χ3n) is 5.58. The van der Waals surface area contributed by atoms with E-state index >= 15 is 0 Å². The highest BCUT2D eigenvalue weighted by molar-refractivity contribution is 5.89. The SMILES string of the molecule is CCc1cc(C(=O)O)c(=O)[nH]c1-c1ccc2c(c1)cc(C1CCNC1)n2C.Cl. The maximum Gasteiger partial charge on any atom is 0.341 e. The van der Waals surface area contributed by atoms with Gasteiger partial charge >= 0.3 is 5.97 Å². The van der Waals surface area contributed by atoms with Crippen molar-refractivity contribution in [3.8, 4) is 11.3 Å². The van der Waals surface area contributed by atoms with Crippen molar-refractivity contribution in [2.45, 2.75) is 25.7 Å². The minimum absolute atomic E-state index is 0. The van der Waals surface area contributed by atoms with Crippen molar-refractivity contribution in [1.82, 2.24) is 14.9 Å². The summed E-state index contributed by atoms with van der Waals surface area (Å²) in [4.78, 5) is 26.2. The van der Waals surface area contributed by atoms with Gasteiger partial charge in [-0.2, -0.15) is 0 Å². The smallest absolute Gasteiger partial charge is 0.341 e. The van der Waals surface area contributed by atoms with E-state index in [4.69, 9.17) is 0 Å². The lowest BCUT2D eigenvalue weighted by molar-refractivity contribution is 0.0695. The lowest BCUT2D eigenvalue weighted by atomic mass is 10.0. The van der Waals surface area contributed by atoms with Crippen molar-refractivity contribution >= 4 is 29.3 Å². The number of aromatic carboxylic acids is 1. The zero-order valence-electron chi connectivity index (χ0n) is 15.9. The number of carboxylic acid groups (broad SMARTS) is 1. The maximum absolute atomic E-state index is 12.2. The number of rotatable bonds is 4. The molecule has 1 unspecified atom stereocenters. The number of nitrogens with zero attached hydrogens (tertiary/aromatic N) is 1. The van der Waals surface area contributed by atoms with E-state index in [0.29, 0.717) is 18.0 Å². The number of carbonyl (C=O) groups is 1. The summed E-state index contributed by atoms with van der Waals surface area (Å²) in [5.74, 6) is -0.683. The predicted molar refractivity (Wildman–Crippen MR) is 113 cm³/mol. The first kappa shape index (κ1) is 20.2. The molecule has 1 aliphatic rings. The van der Waals surface area contributed by atoms with Gasteiger partial charge in [-0.05, 0) is 54.8 Å². The number of nitrogens with one attached hydrogen (secondary N) is 2. The van der Waals surface area contributed by atoms with Gasteiger partial charge in [-0.25, -0.2) is 4.79 Å². The Labute approximate surface area is 169 Å². The Bertz CT molecular complexity index is 1090. The molecular weight excluding hydrogens is 378 g/mol. The summed E-state index contributed by atoms with van der Waals surface area (Å²) in [5.41, 5.74) is 4.11. The normalized spacial score (nSPS) is 16.3. The van der Waals surface area contributed by atoms with Crippen LogP contribution in [-0.2, 0) is 13.5 Å². The van der Waals surface area contributed by atoms with E-state index in [9.17, 15) is 14.7 Å². The first-order chi connectivity index (χ1) is 13.0. The average Bonchev–Trinajstić information content (AvgIpc) is 3.29. The largest absolute Gasteiger partial charge is 0.477 e. The summed E-state index contributed by atoms with van der Waals surface area (Å²) in [5, 5.41) is 13.7. The Balaban J connectivity index is 0.00000225. The standard InChI is InChI=1S/C21H23N3O3.ClH/c1-3-12-9-16(21(26)27)20(25)23-19(12)13-4-5-17-15(8-13)10-18(24(17)2)14-6-7-22-11-14;/h4-5,8-10,14,22H,3,6-7,11H2,1-2H3,(H,23,25)(H,26,27);1H. The van der Waals surface area contributed by atoms with Crippen LogP contribution in [0.3, 0.4) is 0 Å². The molecule has 1 saturated heterocycles. The Morgan fingerprint density at radius 3 is 2.71 bits per heavy atom. The molecule has 0 bridgehead atoms. The van der Waals surface area contributed by atoms with Gasteiger partial charge in [0.1, 0.15) is 5.56 Å². The van der Waals surface area contributed by atoms with Crippen molar-refractivity contribution in [3.63, 3.8) is 0 Å². The van der Waals surface area contributed by atoms with E-state index in [0.717, 1.165) is 41.5 Å². The monoisotopic (exact) mass is 401 g/mol. The van der Waals surface area contributed by atoms with Gasteiger partial charge < -0.3 is 20.0 Å². The van der Waals surface area contributed by atoms with Crippen molar-refractivity contribution in [1.29, 1.82) is 0 Å². The Kier molecular flexibility index (Phi) is 5.63. The molecule has 0 radical (unpaired) electrons. The quantitative estimate of drug-likeness (QED) is 0.626. The molecule has 6 nitrogen and oxygen atoms in total. The van der Waals surface area contributed by atoms with E-state index in [1.165, 1.54) is 11.8 Å². The molecule has 2 aromatic heterocycles. The van der Waals surface area contributed by atoms with Crippen molar-refractivity contribution in [2.24, 2.45) is 7.05 Å². The summed E-state index contributed by atoms with van der Waals surface area (Å²) in [6, 6.07) is 9.85. The van der Waals surface area contributed by atoms with Gasteiger partial charge in [-0.15, -0.1) is 12.4 Å². The first-order valence-electron chi connectivity index (χ1n) is 9.29. The average molecular weight is 402 g/mol. The molecular formula is C21H24ClN3O3. The van der Waals surface area contributed by atoms with Crippen LogP contribution in [-0.4, -0.2) is 33.7 Å². The number of carboxylic acids is 1. The highest BCUT2D eigenvalue weighted by atomic mass is 35.5. The third kappa shape index (κ3) is 3.34. The van der Waals surface area contributed by atoms with Crippen LogP contribution >= 0.6 is 12.4 Å². The summed E-state index contributed by atoms with van der Waals surface area (Å²) in [6.07, 6.45) is 1.78. The number of aromatic nitrogens is 2. The second-order valence-corrected chi connectivity index (χ2v) is 7.16. The first-order valence-corrected chi connectivity index (χ1v) is 9.29. The van der Waals surface area contributed by atoms with Gasteiger partial charge in [-0.1, -0.05) is 13.0 Å². The van der Waals surface area contributed by atoms with Gasteiger partial charge in [0.05, 0.1) is 5.69 Å². The molecule has 7 heteroatoms. The van der Waals surface area contributed by atoms with E-state index in [1.807, 2.05) is 13.0 Å². The summed E-state index contributed by atoms with van der Waals surface area (Å²) >= 11 is 0. The van der Waals surface area contributed by atoms with Crippen LogP contribution in [0.2, 0.25) is 0 Å². The highest BCUT2D eigenvalue weighted by Crippen LogP contribution is 2.31. The number of aromatic amines is 1. The number of benzene rings is 1. The molecule has 3 N–H and O–H groups in total. The molecule has 0 saturated carbocycles.